The molecule has 4 nitrogen and oxygen atoms in total. The van der Waals surface area contributed by atoms with Gasteiger partial charge in [0.25, 0.3) is 0 Å². The maximum atomic E-state index is 6.45. The van der Waals surface area contributed by atoms with Gasteiger partial charge in [0.15, 0.2) is 0 Å². The van der Waals surface area contributed by atoms with Crippen LogP contribution in [0.4, 0.5) is 5.69 Å². The molecule has 156 valence electrons. The molecule has 0 aromatic heterocycles. The molecule has 0 radical (unpaired) electrons. The van der Waals surface area contributed by atoms with E-state index in [-0.39, 0.29) is 0 Å². The average molecular weight is 407 g/mol. The van der Waals surface area contributed by atoms with Crippen LogP contribution in [0.15, 0.2) is 35.9 Å². The van der Waals surface area contributed by atoms with Gasteiger partial charge < -0.3 is 20.1 Å². The van der Waals surface area contributed by atoms with Gasteiger partial charge in [0.2, 0.25) is 0 Å². The van der Waals surface area contributed by atoms with Crippen molar-refractivity contribution >= 4 is 17.3 Å². The molecule has 1 aliphatic heterocycles. The number of aryl methyl sites for hydroxylation is 1. The summed E-state index contributed by atoms with van der Waals surface area (Å²) in [5.41, 5.74) is 4.86. The number of allylic oxidation sites excluding steroid dienone is 1. The molecule has 0 unspecified atom stereocenters. The molecule has 0 amide bonds. The van der Waals surface area contributed by atoms with E-state index in [0.29, 0.717) is 12.7 Å². The van der Waals surface area contributed by atoms with Crippen LogP contribution >= 0.6 is 11.6 Å². The van der Waals surface area contributed by atoms with Crippen LogP contribution in [-0.2, 0) is 15.9 Å². The molecule has 1 saturated heterocycles. The van der Waals surface area contributed by atoms with Crippen molar-refractivity contribution in [1.29, 1.82) is 0 Å². The third-order valence-electron chi connectivity index (χ3n) is 5.09. The maximum absolute atomic E-state index is 6.45. The lowest BCUT2D eigenvalue weighted by molar-refractivity contribution is -0.0236. The number of rotatable bonds is 11. The highest BCUT2D eigenvalue weighted by Crippen LogP contribution is 2.29. The first-order valence-corrected chi connectivity index (χ1v) is 10.7. The number of hydrogen-bond donors (Lipinski definition) is 2. The molecule has 5 heteroatoms. The minimum atomic E-state index is 0.332. The SMILES string of the molecule is C/C=C(\C=C/CCNc1c(Cl)ccc(C)c1CCNC)COC1CCOCC1. The van der Waals surface area contributed by atoms with E-state index >= 15 is 0 Å². The molecule has 2 N–H and O–H groups in total. The van der Waals surface area contributed by atoms with Crippen molar-refractivity contribution in [2.75, 3.05) is 45.3 Å². The highest BCUT2D eigenvalue weighted by Gasteiger charge is 2.14. The van der Waals surface area contributed by atoms with Crippen LogP contribution in [-0.4, -0.2) is 46.1 Å². The van der Waals surface area contributed by atoms with Crippen molar-refractivity contribution < 1.29 is 9.47 Å². The van der Waals surface area contributed by atoms with E-state index in [1.165, 1.54) is 16.7 Å². The second-order valence-corrected chi connectivity index (χ2v) is 7.58. The Morgan fingerprint density at radius 1 is 1.29 bits per heavy atom. The number of benzene rings is 1. The minimum Gasteiger partial charge on any atom is -0.383 e. The lowest BCUT2D eigenvalue weighted by Gasteiger charge is -2.22. The summed E-state index contributed by atoms with van der Waals surface area (Å²) in [5, 5.41) is 7.54. The molecular formula is C23H35ClN2O2. The zero-order valence-electron chi connectivity index (χ0n) is 17.5. The highest BCUT2D eigenvalue weighted by atomic mass is 35.5. The molecule has 0 saturated carbocycles. The number of likely N-dealkylation sites (N-methyl/N-ethyl adjacent to an activating group) is 1. The predicted octanol–water partition coefficient (Wildman–Crippen LogP) is 4.91. The standard InChI is InChI=1S/C23H35ClN2O2/c1-4-19(17-28-20-11-15-27-16-12-20)7-5-6-13-26-23-21(10-14-25-3)18(2)8-9-22(23)24/h4-5,7-9,20,25-26H,6,10-17H2,1-3H3/b7-5-,19-4+. The summed E-state index contributed by atoms with van der Waals surface area (Å²) in [4.78, 5) is 0. The van der Waals surface area contributed by atoms with Crippen molar-refractivity contribution in [3.8, 4) is 0 Å². The Balaban J connectivity index is 1.80. The average Bonchev–Trinajstić information content (AvgIpc) is 2.72. The normalized spacial score (nSPS) is 16.1. The summed E-state index contributed by atoms with van der Waals surface area (Å²) < 4.78 is 11.4. The van der Waals surface area contributed by atoms with Crippen molar-refractivity contribution in [3.05, 3.63) is 52.1 Å². The van der Waals surface area contributed by atoms with Gasteiger partial charge >= 0.3 is 0 Å². The Morgan fingerprint density at radius 3 is 2.79 bits per heavy atom. The van der Waals surface area contributed by atoms with E-state index in [1.54, 1.807) is 0 Å². The van der Waals surface area contributed by atoms with Gasteiger partial charge in [-0.1, -0.05) is 35.9 Å². The maximum Gasteiger partial charge on any atom is 0.0717 e. The fourth-order valence-electron chi connectivity index (χ4n) is 3.29. The first kappa shape index (κ1) is 23.0. The lowest BCUT2D eigenvalue weighted by Crippen LogP contribution is -2.24. The monoisotopic (exact) mass is 406 g/mol. The van der Waals surface area contributed by atoms with Crippen molar-refractivity contribution in [2.24, 2.45) is 0 Å². The number of hydrogen-bond acceptors (Lipinski definition) is 4. The Labute approximate surface area is 175 Å². The van der Waals surface area contributed by atoms with Crippen molar-refractivity contribution in [1.82, 2.24) is 5.32 Å². The first-order chi connectivity index (χ1) is 13.7. The van der Waals surface area contributed by atoms with E-state index < -0.39 is 0 Å². The topological polar surface area (TPSA) is 42.5 Å². The van der Waals surface area contributed by atoms with Crippen LogP contribution in [0.3, 0.4) is 0 Å². The van der Waals surface area contributed by atoms with Crippen LogP contribution < -0.4 is 10.6 Å². The Bertz CT molecular complexity index is 652. The Kier molecular flexibility index (Phi) is 10.7. The van der Waals surface area contributed by atoms with E-state index in [1.807, 2.05) is 13.1 Å². The fourth-order valence-corrected chi connectivity index (χ4v) is 3.53. The number of nitrogens with one attached hydrogen (secondary N) is 2. The summed E-state index contributed by atoms with van der Waals surface area (Å²) in [6, 6.07) is 4.07. The molecule has 1 aromatic rings. The molecule has 0 aliphatic carbocycles. The van der Waals surface area contributed by atoms with Crippen molar-refractivity contribution in [2.45, 2.75) is 45.6 Å². The first-order valence-electron chi connectivity index (χ1n) is 10.3. The summed E-state index contributed by atoms with van der Waals surface area (Å²) in [5.74, 6) is 0. The third kappa shape index (κ3) is 7.59. The van der Waals surface area contributed by atoms with Crippen LogP contribution in [0.25, 0.3) is 0 Å². The Morgan fingerprint density at radius 2 is 2.07 bits per heavy atom. The van der Waals surface area contributed by atoms with Gasteiger partial charge in [0.05, 0.1) is 23.4 Å². The largest absolute Gasteiger partial charge is 0.383 e. The van der Waals surface area contributed by atoms with Crippen LogP contribution in [0.1, 0.15) is 37.3 Å². The summed E-state index contributed by atoms with van der Waals surface area (Å²) >= 11 is 6.45. The molecular weight excluding hydrogens is 372 g/mol. The van der Waals surface area contributed by atoms with Gasteiger partial charge in [-0.25, -0.2) is 0 Å². The van der Waals surface area contributed by atoms with Crippen LogP contribution in [0.2, 0.25) is 5.02 Å². The molecule has 28 heavy (non-hydrogen) atoms. The summed E-state index contributed by atoms with van der Waals surface area (Å²) in [6.07, 6.45) is 10.7. The number of anilines is 1. The lowest BCUT2D eigenvalue weighted by atomic mass is 10.0. The zero-order valence-corrected chi connectivity index (χ0v) is 18.3. The number of halogens is 1. The van der Waals surface area contributed by atoms with Crippen LogP contribution in [0.5, 0.6) is 0 Å². The van der Waals surface area contributed by atoms with Gasteiger partial charge in [-0.2, -0.15) is 0 Å². The van der Waals surface area contributed by atoms with E-state index in [9.17, 15) is 0 Å². The van der Waals surface area contributed by atoms with Crippen molar-refractivity contribution in [3.63, 3.8) is 0 Å². The quantitative estimate of drug-likeness (QED) is 0.404. The highest BCUT2D eigenvalue weighted by molar-refractivity contribution is 6.33. The molecule has 1 aromatic carbocycles. The molecule has 1 fully saturated rings. The molecule has 1 aliphatic rings. The molecule has 0 spiro atoms. The third-order valence-corrected chi connectivity index (χ3v) is 5.41. The van der Waals surface area contributed by atoms with Gasteiger partial charge in [-0.05, 0) is 75.9 Å². The van der Waals surface area contributed by atoms with Gasteiger partial charge in [-0.3, -0.25) is 0 Å². The molecule has 2 rings (SSSR count). The summed E-state index contributed by atoms with van der Waals surface area (Å²) in [7, 11) is 1.97. The second-order valence-electron chi connectivity index (χ2n) is 7.18. The van der Waals surface area contributed by atoms with E-state index in [2.05, 4.69) is 48.8 Å². The molecule has 0 bridgehead atoms. The van der Waals surface area contributed by atoms with Gasteiger partial charge in [0, 0.05) is 19.8 Å². The molecule has 1 heterocycles. The fraction of sp³-hybridized carbons (Fsp3) is 0.565. The zero-order chi connectivity index (χ0) is 20.2. The minimum absolute atomic E-state index is 0.332. The number of ether oxygens (including phenoxy) is 2. The Hall–Kier alpha value is -1.33. The van der Waals surface area contributed by atoms with Crippen LogP contribution in [0, 0.1) is 6.92 Å². The smallest absolute Gasteiger partial charge is 0.0717 e. The second kappa shape index (κ2) is 13.0. The van der Waals surface area contributed by atoms with E-state index in [0.717, 1.165) is 62.7 Å². The van der Waals surface area contributed by atoms with Gasteiger partial charge in [0.1, 0.15) is 0 Å². The molecule has 0 atom stereocenters. The summed E-state index contributed by atoms with van der Waals surface area (Å²) in [6.45, 7) is 8.29. The van der Waals surface area contributed by atoms with Gasteiger partial charge in [-0.15, -0.1) is 0 Å². The van der Waals surface area contributed by atoms with E-state index in [4.69, 9.17) is 21.1 Å². The predicted molar refractivity (Wildman–Crippen MR) is 120 cm³/mol.